The largest absolute Gasteiger partial charge is 0.433 e. The molecule has 0 atom stereocenters. The molecule has 3 saturated carbocycles. The zero-order valence-corrected chi connectivity index (χ0v) is 25.7. The van der Waals surface area contributed by atoms with Crippen molar-refractivity contribution in [3.63, 3.8) is 0 Å². The molecule has 1 radical (unpaired) electrons. The average Bonchev–Trinajstić information content (AvgIpc) is 2.75. The van der Waals surface area contributed by atoms with Crippen LogP contribution in [0.15, 0.2) is 24.3 Å². The van der Waals surface area contributed by atoms with Crippen LogP contribution < -0.4 is 0 Å². The molecule has 0 aliphatic heterocycles. The van der Waals surface area contributed by atoms with Gasteiger partial charge in [0, 0.05) is 19.5 Å². The van der Waals surface area contributed by atoms with Crippen LogP contribution in [-0.4, -0.2) is 30.1 Å². The van der Waals surface area contributed by atoms with Crippen LogP contribution in [0.25, 0.3) is 0 Å². The van der Waals surface area contributed by atoms with Crippen LogP contribution >= 0.6 is 7.92 Å². The number of hydrogen-bond acceptors (Lipinski definition) is 1. The van der Waals surface area contributed by atoms with Crippen LogP contribution in [0.5, 0.6) is 0 Å². The van der Waals surface area contributed by atoms with Crippen molar-refractivity contribution < 1.29 is 24.3 Å². The van der Waals surface area contributed by atoms with E-state index in [2.05, 4.69) is 24.3 Å². The minimum Gasteiger partial charge on any atom is -0.433 e. The van der Waals surface area contributed by atoms with E-state index in [1.54, 1.807) is 77.0 Å². The Morgan fingerprint density at radius 1 is 0.515 bits per heavy atom. The Morgan fingerprint density at radius 3 is 0.939 bits per heavy atom. The van der Waals surface area contributed by atoms with Gasteiger partial charge >= 0.3 is 0 Å². The predicted molar refractivity (Wildman–Crippen MR) is 150 cm³/mol. The van der Waals surface area contributed by atoms with Gasteiger partial charge in [-0.3, -0.25) is 0 Å². The molecule has 0 heterocycles. The first-order valence-corrected chi connectivity index (χ1v) is 19.2. The zero-order valence-electron chi connectivity index (χ0n) is 22.2. The molecular formula is C29H55OPRhSi. The fourth-order valence-electron chi connectivity index (χ4n) is 5.89. The van der Waals surface area contributed by atoms with Gasteiger partial charge in [0.1, 0.15) is 0 Å². The summed E-state index contributed by atoms with van der Waals surface area (Å²) >= 11 is 0. The van der Waals surface area contributed by atoms with Crippen LogP contribution in [0.3, 0.4) is 0 Å². The smallest absolute Gasteiger partial charge is 0.179 e. The molecular weight excluding hydrogens is 526 g/mol. The zero-order chi connectivity index (χ0) is 23.1. The van der Waals surface area contributed by atoms with Gasteiger partial charge in [0.25, 0.3) is 0 Å². The van der Waals surface area contributed by atoms with Gasteiger partial charge in [-0.2, -0.15) is 0 Å². The molecule has 0 bridgehead atoms. The molecule has 0 amide bonds. The molecule has 4 aliphatic carbocycles. The van der Waals surface area contributed by atoms with Crippen LogP contribution in [0.2, 0.25) is 19.6 Å². The van der Waals surface area contributed by atoms with Crippen molar-refractivity contribution in [1.82, 2.24) is 0 Å². The second kappa shape index (κ2) is 18.9. The molecule has 0 aromatic heterocycles. The topological polar surface area (TPSA) is 20.2 Å². The Kier molecular flexibility index (Phi) is 18.2. The first kappa shape index (κ1) is 31.7. The number of rotatable bonds is 3. The van der Waals surface area contributed by atoms with Crippen molar-refractivity contribution in [1.29, 1.82) is 0 Å². The van der Waals surface area contributed by atoms with Gasteiger partial charge in [-0.15, -0.1) is 0 Å². The fraction of sp³-hybridized carbons (Fsp3) is 0.862. The van der Waals surface area contributed by atoms with Gasteiger partial charge in [-0.1, -0.05) is 90.0 Å². The molecule has 195 valence electrons. The molecule has 33 heavy (non-hydrogen) atoms. The Bertz CT molecular complexity index is 437. The van der Waals surface area contributed by atoms with E-state index in [4.69, 9.17) is 4.80 Å². The van der Waals surface area contributed by atoms with Crippen molar-refractivity contribution in [2.24, 2.45) is 0 Å². The summed E-state index contributed by atoms with van der Waals surface area (Å²) in [4.78, 5) is 8.66. The van der Waals surface area contributed by atoms with Gasteiger partial charge in [0.15, 0.2) is 8.32 Å². The molecule has 1 N–H and O–H groups in total. The Balaban J connectivity index is 0.000000324. The second-order valence-corrected chi connectivity index (χ2v) is 19.0. The number of allylic oxidation sites excluding steroid dienone is 4. The normalized spacial score (nSPS) is 25.2. The summed E-state index contributed by atoms with van der Waals surface area (Å²) in [6, 6.07) is 0. The molecule has 3 fully saturated rings. The molecule has 0 spiro atoms. The van der Waals surface area contributed by atoms with E-state index in [-0.39, 0.29) is 19.5 Å². The molecule has 4 aliphatic rings. The molecule has 0 aromatic rings. The maximum atomic E-state index is 8.66. The van der Waals surface area contributed by atoms with Gasteiger partial charge in [0.05, 0.1) is 0 Å². The molecule has 0 aromatic carbocycles. The van der Waals surface area contributed by atoms with Gasteiger partial charge in [0.2, 0.25) is 0 Å². The third kappa shape index (κ3) is 15.4. The fourth-order valence-corrected chi connectivity index (χ4v) is 10.6. The minimum absolute atomic E-state index is 0. The van der Waals surface area contributed by atoms with E-state index in [0.29, 0.717) is 7.92 Å². The first-order chi connectivity index (χ1) is 15.4. The predicted octanol–water partition coefficient (Wildman–Crippen LogP) is 9.95. The Hall–Kier alpha value is 0.710. The van der Waals surface area contributed by atoms with E-state index >= 15 is 0 Å². The van der Waals surface area contributed by atoms with Crippen LogP contribution in [0, 0.1) is 0 Å². The third-order valence-electron chi connectivity index (χ3n) is 7.32. The quantitative estimate of drug-likeness (QED) is 0.200. The molecule has 0 unspecified atom stereocenters. The van der Waals surface area contributed by atoms with E-state index in [9.17, 15) is 0 Å². The first-order valence-electron chi connectivity index (χ1n) is 14.2. The molecule has 1 nitrogen and oxygen atoms in total. The standard InChI is InChI=1S/C18H33P.C8H12.C3H10OSi.Rh/c1-4-10-16(11-5-1)19(17-12-6-2-7-13-17)18-14-8-3-9-15-18;1-2-4-6-8-7-5-3-1;1-5(2,3)4;/h16-18H,1-15H2;1-2,7-8H,3-6H2;4H,1-3H3;/b;2-1-,8-7-;;. The van der Waals surface area contributed by atoms with Gasteiger partial charge in [-0.25, -0.2) is 0 Å². The van der Waals surface area contributed by atoms with Crippen molar-refractivity contribution in [2.75, 3.05) is 0 Å². The minimum atomic E-state index is -1.61. The van der Waals surface area contributed by atoms with E-state index < -0.39 is 8.32 Å². The van der Waals surface area contributed by atoms with E-state index in [0.717, 1.165) is 0 Å². The van der Waals surface area contributed by atoms with Crippen molar-refractivity contribution in [3.8, 4) is 0 Å². The number of hydrogen-bond donors (Lipinski definition) is 1. The third-order valence-corrected chi connectivity index (χ3v) is 11.4. The average molecular weight is 582 g/mol. The Morgan fingerprint density at radius 2 is 0.727 bits per heavy atom. The van der Waals surface area contributed by atoms with Crippen molar-refractivity contribution >= 4 is 16.2 Å². The summed E-state index contributed by atoms with van der Waals surface area (Å²) in [7, 11) is -1.23. The maximum Gasteiger partial charge on any atom is 0.179 e. The summed E-state index contributed by atoms with van der Waals surface area (Å²) in [5.74, 6) is 0. The van der Waals surface area contributed by atoms with Crippen LogP contribution in [0.1, 0.15) is 122 Å². The summed E-state index contributed by atoms with van der Waals surface area (Å²) in [5, 5.41) is 0. The summed E-state index contributed by atoms with van der Waals surface area (Å²) in [6.07, 6.45) is 37.6. The van der Waals surface area contributed by atoms with E-state index in [1.807, 2.05) is 19.6 Å². The summed E-state index contributed by atoms with van der Waals surface area (Å²) in [5.41, 5.74) is 3.57. The molecule has 0 saturated heterocycles. The van der Waals surface area contributed by atoms with E-state index in [1.165, 1.54) is 61.9 Å². The van der Waals surface area contributed by atoms with Gasteiger partial charge < -0.3 is 4.80 Å². The maximum absolute atomic E-state index is 8.66. The molecule has 4 heteroatoms. The van der Waals surface area contributed by atoms with Crippen LogP contribution in [0.4, 0.5) is 0 Å². The summed E-state index contributed by atoms with van der Waals surface area (Å²) < 4.78 is 0. The van der Waals surface area contributed by atoms with Crippen molar-refractivity contribution in [2.45, 2.75) is 159 Å². The molecule has 4 rings (SSSR count). The Labute approximate surface area is 222 Å². The monoisotopic (exact) mass is 581 g/mol. The second-order valence-electron chi connectivity index (χ2n) is 11.6. The SMILES string of the molecule is C1=C\CC/C=C\CC/1.C1CCC(P(C2CCCCC2)C2CCCCC2)CC1.C[Si](C)(C)O.[Rh]. The van der Waals surface area contributed by atoms with Crippen LogP contribution in [-0.2, 0) is 19.5 Å². The summed E-state index contributed by atoms with van der Waals surface area (Å²) in [6.45, 7) is 5.65. The van der Waals surface area contributed by atoms with Crippen molar-refractivity contribution in [3.05, 3.63) is 24.3 Å². The van der Waals surface area contributed by atoms with Gasteiger partial charge in [-0.05, 0) is 101 Å².